The second kappa shape index (κ2) is 8.99. The highest BCUT2D eigenvalue weighted by molar-refractivity contribution is 6.15. The summed E-state index contributed by atoms with van der Waals surface area (Å²) in [5, 5.41) is 13.9. The molecule has 1 saturated heterocycles. The highest BCUT2D eigenvalue weighted by Crippen LogP contribution is 2.42. The molecule has 1 amide bonds. The van der Waals surface area contributed by atoms with Crippen LogP contribution in [0.5, 0.6) is 0 Å². The predicted molar refractivity (Wildman–Crippen MR) is 147 cm³/mol. The van der Waals surface area contributed by atoms with Crippen LogP contribution in [-0.4, -0.2) is 65.6 Å². The molecule has 1 saturated carbocycles. The minimum atomic E-state index is -0.952. The van der Waals surface area contributed by atoms with E-state index in [4.69, 9.17) is 4.98 Å². The van der Waals surface area contributed by atoms with Gasteiger partial charge < -0.3 is 14.9 Å². The Labute approximate surface area is 229 Å². The van der Waals surface area contributed by atoms with E-state index in [1.807, 2.05) is 34.1 Å². The van der Waals surface area contributed by atoms with Crippen LogP contribution in [-0.2, 0) is 6.42 Å². The highest BCUT2D eigenvalue weighted by Gasteiger charge is 2.34. The van der Waals surface area contributed by atoms with Crippen LogP contribution in [0, 0.1) is 5.82 Å². The molecule has 3 aliphatic rings. The summed E-state index contributed by atoms with van der Waals surface area (Å²) in [6.07, 6.45) is 5.20. The summed E-state index contributed by atoms with van der Waals surface area (Å²) in [6, 6.07) is 15.2. The van der Waals surface area contributed by atoms with Gasteiger partial charge in [0.15, 0.2) is 5.65 Å². The van der Waals surface area contributed by atoms with Crippen molar-refractivity contribution >= 4 is 27.5 Å². The molecule has 1 aliphatic carbocycles. The number of fused-ring (bicyclic) bond motifs is 2. The number of hydrogen-bond donors (Lipinski definition) is 1. The second-order valence-corrected chi connectivity index (χ2v) is 12.1. The van der Waals surface area contributed by atoms with Crippen LogP contribution in [0.25, 0.3) is 16.9 Å². The molecular weight excluding hydrogens is 509 g/mol. The predicted octanol–water partition coefficient (Wildman–Crippen LogP) is 4.24. The zero-order valence-electron chi connectivity index (χ0n) is 21.8. The van der Waals surface area contributed by atoms with Gasteiger partial charge in [0.1, 0.15) is 11.5 Å². The van der Waals surface area contributed by atoms with E-state index in [0.717, 1.165) is 30.5 Å². The van der Waals surface area contributed by atoms with Gasteiger partial charge in [0.05, 0.1) is 33.4 Å². The molecule has 0 spiro atoms. The van der Waals surface area contributed by atoms with Crippen molar-refractivity contribution in [2.24, 2.45) is 0 Å². The number of nitrogens with zero attached hydrogens (tertiary/aromatic N) is 5. The van der Waals surface area contributed by atoms with Crippen LogP contribution in [0.1, 0.15) is 65.3 Å². The van der Waals surface area contributed by atoms with Crippen LogP contribution in [0.15, 0.2) is 54.7 Å². The number of anilines is 1. The van der Waals surface area contributed by atoms with Gasteiger partial charge in [-0.15, -0.1) is 0 Å². The van der Waals surface area contributed by atoms with Gasteiger partial charge in [0, 0.05) is 36.4 Å². The lowest BCUT2D eigenvalue weighted by Gasteiger charge is -2.35. The average molecular weight is 539 g/mol. The molecular formula is C30H29FN5O2Si. The summed E-state index contributed by atoms with van der Waals surface area (Å²) in [4.78, 5) is 22.4. The summed E-state index contributed by atoms with van der Waals surface area (Å²) in [5.74, 6) is -0.142. The third-order valence-corrected chi connectivity index (χ3v) is 8.80. The Morgan fingerprint density at radius 1 is 1.13 bits per heavy atom. The molecule has 9 heteroatoms. The molecule has 0 bridgehead atoms. The Balaban J connectivity index is 1.22. The quantitative estimate of drug-likeness (QED) is 0.394. The van der Waals surface area contributed by atoms with Gasteiger partial charge in [-0.2, -0.15) is 5.10 Å². The summed E-state index contributed by atoms with van der Waals surface area (Å²) >= 11 is 0. The monoisotopic (exact) mass is 538 g/mol. The fourth-order valence-corrected chi connectivity index (χ4v) is 6.35. The highest BCUT2D eigenvalue weighted by atomic mass is 28.1. The summed E-state index contributed by atoms with van der Waals surface area (Å²) in [6.45, 7) is 3.74. The Morgan fingerprint density at radius 3 is 2.69 bits per heavy atom. The normalized spacial score (nSPS) is 22.9. The molecule has 2 fully saturated rings. The average Bonchev–Trinajstić information content (AvgIpc) is 3.58. The largest absolute Gasteiger partial charge is 0.392 e. The second-order valence-electron chi connectivity index (χ2n) is 11.1. The van der Waals surface area contributed by atoms with E-state index < -0.39 is 5.22 Å². The minimum absolute atomic E-state index is 0.0358. The topological polar surface area (TPSA) is 74.0 Å². The smallest absolute Gasteiger partial charge is 0.274 e. The number of imidazole rings is 1. The molecule has 197 valence electrons. The van der Waals surface area contributed by atoms with Gasteiger partial charge in [-0.25, -0.2) is 13.9 Å². The number of aliphatic hydroxyl groups is 1. The van der Waals surface area contributed by atoms with E-state index in [-0.39, 0.29) is 17.8 Å². The molecule has 4 aromatic rings. The van der Waals surface area contributed by atoms with Crippen molar-refractivity contribution in [2.45, 2.75) is 49.8 Å². The van der Waals surface area contributed by atoms with Gasteiger partial charge in [0.2, 0.25) is 0 Å². The number of aromatic nitrogens is 3. The maximum absolute atomic E-state index is 15.4. The van der Waals surface area contributed by atoms with Crippen LogP contribution in [0.4, 0.5) is 10.1 Å². The maximum Gasteiger partial charge on any atom is 0.274 e. The van der Waals surface area contributed by atoms with Crippen molar-refractivity contribution in [2.75, 3.05) is 24.5 Å². The zero-order valence-corrected chi connectivity index (χ0v) is 22.8. The number of halogens is 1. The van der Waals surface area contributed by atoms with Gasteiger partial charge in [-0.1, -0.05) is 24.3 Å². The van der Waals surface area contributed by atoms with E-state index in [2.05, 4.69) is 34.4 Å². The maximum atomic E-state index is 15.4. The number of benzene rings is 2. The Bertz CT molecular complexity index is 1610. The molecule has 2 aromatic carbocycles. The zero-order chi connectivity index (χ0) is 26.9. The van der Waals surface area contributed by atoms with Crippen molar-refractivity contribution in [3.05, 3.63) is 82.9 Å². The van der Waals surface area contributed by atoms with E-state index in [1.54, 1.807) is 16.8 Å². The molecule has 2 aliphatic heterocycles. The summed E-state index contributed by atoms with van der Waals surface area (Å²) < 4.78 is 17.0. The number of hydrogen-bond acceptors (Lipinski definition) is 5. The van der Waals surface area contributed by atoms with Crippen LogP contribution in [0.2, 0.25) is 0 Å². The van der Waals surface area contributed by atoms with E-state index in [0.29, 0.717) is 54.6 Å². The number of amides is 1. The first-order valence-corrected chi connectivity index (χ1v) is 14.1. The minimum Gasteiger partial charge on any atom is -0.392 e. The van der Waals surface area contributed by atoms with Crippen molar-refractivity contribution in [1.82, 2.24) is 19.5 Å². The van der Waals surface area contributed by atoms with E-state index in [1.165, 1.54) is 17.2 Å². The molecule has 2 atom stereocenters. The lowest BCUT2D eigenvalue weighted by atomic mass is 9.93. The first-order chi connectivity index (χ1) is 18.8. The van der Waals surface area contributed by atoms with Crippen LogP contribution < -0.4 is 4.90 Å². The van der Waals surface area contributed by atoms with Crippen LogP contribution in [0.3, 0.4) is 0 Å². The Kier molecular flexibility index (Phi) is 5.64. The lowest BCUT2D eigenvalue weighted by Crippen LogP contribution is -2.39. The fraction of sp³-hybridized carbons (Fsp3) is 0.367. The van der Waals surface area contributed by atoms with Crippen molar-refractivity contribution in [1.29, 1.82) is 0 Å². The lowest BCUT2D eigenvalue weighted by molar-refractivity contribution is 0.0670. The molecule has 2 aromatic heterocycles. The third-order valence-electron chi connectivity index (χ3n) is 8.39. The molecule has 7 rings (SSSR count). The molecule has 7 nitrogen and oxygen atoms in total. The number of rotatable bonds is 4. The first-order valence-electron chi connectivity index (χ1n) is 13.6. The summed E-state index contributed by atoms with van der Waals surface area (Å²) in [7, 11) is 3.37. The van der Waals surface area contributed by atoms with Crippen molar-refractivity contribution < 1.29 is 14.3 Å². The van der Waals surface area contributed by atoms with Gasteiger partial charge >= 0.3 is 0 Å². The number of carbonyl (C=O) groups is 1. The molecule has 39 heavy (non-hydrogen) atoms. The van der Waals surface area contributed by atoms with Crippen molar-refractivity contribution in [3.8, 4) is 11.3 Å². The molecule has 0 unspecified atom stereocenters. The van der Waals surface area contributed by atoms with Crippen LogP contribution >= 0.6 is 0 Å². The standard InChI is InChI=1S/C30H29FN5O2Si/c1-18-22-5-3-2-4-19(22)10-12-35(18)29(37)26-15-24(20-6-7-20)28-32-27(16-36(28)33-26)23-9-8-21(14-25(23)31)34-13-11-30(38,39)17-34/h2-5,8-9,14-16,18,20,38H,6-7,10-13,17H2,1H3/t18-,30+/m1/s1. The summed E-state index contributed by atoms with van der Waals surface area (Å²) in [5.41, 5.74) is 6.12. The SMILES string of the molecule is C[C@@H]1c2ccccc2CCN1C(=O)c1cc(C2CC2)c2nc(-c3ccc(N4CC[C@](O)([Si])C4)cc3F)cn2n1. The van der Waals surface area contributed by atoms with Gasteiger partial charge in [-0.05, 0) is 73.9 Å². The number of β-amino-alcohol motifs (C(OH)–C–C–N with tert-alkyl or cyclic N) is 1. The Hall–Kier alpha value is -3.56. The van der Waals surface area contributed by atoms with E-state index in [9.17, 15) is 9.90 Å². The van der Waals surface area contributed by atoms with Gasteiger partial charge in [-0.3, -0.25) is 4.79 Å². The number of carbonyl (C=O) groups excluding carboxylic acids is 1. The van der Waals surface area contributed by atoms with E-state index >= 15 is 4.39 Å². The molecule has 1 N–H and O–H groups in total. The fourth-order valence-electron chi connectivity index (χ4n) is 6.05. The Morgan fingerprint density at radius 2 is 1.95 bits per heavy atom. The molecule has 4 heterocycles. The molecule has 3 radical (unpaired) electrons. The first kappa shape index (κ1) is 24.5. The van der Waals surface area contributed by atoms with Gasteiger partial charge in [0.25, 0.3) is 5.91 Å². The third kappa shape index (κ3) is 4.33. The van der Waals surface area contributed by atoms with Crippen molar-refractivity contribution in [3.63, 3.8) is 0 Å².